The van der Waals surface area contributed by atoms with Gasteiger partial charge in [0.2, 0.25) is 5.65 Å². The predicted octanol–water partition coefficient (Wildman–Crippen LogP) is 1.70. The van der Waals surface area contributed by atoms with Crippen molar-refractivity contribution in [2.75, 3.05) is 57.2 Å². The van der Waals surface area contributed by atoms with Crippen LogP contribution in [0.1, 0.15) is 16.1 Å². The smallest absolute Gasteiger partial charge is 0.260 e. The van der Waals surface area contributed by atoms with Crippen molar-refractivity contribution in [3.8, 4) is 5.88 Å². The zero-order valence-electron chi connectivity index (χ0n) is 19.5. The van der Waals surface area contributed by atoms with Gasteiger partial charge < -0.3 is 25.0 Å². The highest BCUT2D eigenvalue weighted by atomic mass is 16.5. The summed E-state index contributed by atoms with van der Waals surface area (Å²) in [5.41, 5.74) is 3.63. The van der Waals surface area contributed by atoms with Crippen LogP contribution in [0, 0.1) is 6.92 Å². The maximum atomic E-state index is 13.4. The number of benzene rings is 1. The van der Waals surface area contributed by atoms with Crippen LogP contribution < -0.4 is 20.3 Å². The number of hydrogen-bond donors (Lipinski definition) is 2. The number of hydrogen-bond acceptors (Lipinski definition) is 8. The van der Waals surface area contributed by atoms with Gasteiger partial charge in [-0.05, 0) is 19.1 Å². The molecule has 1 amide bonds. The number of aryl methyl sites for hydroxylation is 1. The highest BCUT2D eigenvalue weighted by molar-refractivity contribution is 6.13. The largest absolute Gasteiger partial charge is 0.478 e. The lowest BCUT2D eigenvalue weighted by Gasteiger charge is -2.30. The lowest BCUT2D eigenvalue weighted by Crippen LogP contribution is -2.43. The van der Waals surface area contributed by atoms with E-state index in [0.29, 0.717) is 41.6 Å². The summed E-state index contributed by atoms with van der Waals surface area (Å²) in [7, 11) is 3.19. The summed E-state index contributed by atoms with van der Waals surface area (Å²) in [5.74, 6) is 0.415. The van der Waals surface area contributed by atoms with Gasteiger partial charge in [0.15, 0.2) is 5.82 Å². The SMILES string of the molecule is COCCn1cc2c(N3CCNCC3)ccc(C(=O)Nc3cn4cc(C)nc4c(OC)n3)c2n1. The molecule has 1 aliphatic rings. The van der Waals surface area contributed by atoms with Gasteiger partial charge in [-0.15, -0.1) is 0 Å². The van der Waals surface area contributed by atoms with E-state index < -0.39 is 0 Å². The van der Waals surface area contributed by atoms with Crippen LogP contribution in [0.25, 0.3) is 16.6 Å². The minimum absolute atomic E-state index is 0.292. The van der Waals surface area contributed by atoms with Crippen molar-refractivity contribution < 1.29 is 14.3 Å². The number of methoxy groups -OCH3 is 2. The number of nitrogens with zero attached hydrogens (tertiary/aromatic N) is 6. The van der Waals surface area contributed by atoms with Gasteiger partial charge in [-0.1, -0.05) is 0 Å². The quantitative estimate of drug-likeness (QED) is 0.425. The molecule has 0 radical (unpaired) electrons. The van der Waals surface area contributed by atoms with Gasteiger partial charge in [-0.3, -0.25) is 13.9 Å². The zero-order valence-corrected chi connectivity index (χ0v) is 19.5. The molecule has 34 heavy (non-hydrogen) atoms. The summed E-state index contributed by atoms with van der Waals surface area (Å²) in [6, 6.07) is 3.83. The number of rotatable bonds is 7. The highest BCUT2D eigenvalue weighted by Crippen LogP contribution is 2.30. The van der Waals surface area contributed by atoms with Crippen molar-refractivity contribution in [2.24, 2.45) is 0 Å². The molecule has 0 unspecified atom stereocenters. The molecule has 1 fully saturated rings. The second kappa shape index (κ2) is 9.27. The molecule has 11 nitrogen and oxygen atoms in total. The first-order valence-corrected chi connectivity index (χ1v) is 11.2. The van der Waals surface area contributed by atoms with Crippen LogP contribution in [0.15, 0.2) is 30.7 Å². The molecule has 4 aromatic rings. The number of ether oxygens (including phenoxy) is 2. The van der Waals surface area contributed by atoms with Gasteiger partial charge in [-0.2, -0.15) is 10.1 Å². The molecule has 0 atom stereocenters. The van der Waals surface area contributed by atoms with Crippen LogP contribution in [0.5, 0.6) is 5.88 Å². The summed E-state index contributed by atoms with van der Waals surface area (Å²) in [6.45, 7) is 6.67. The van der Waals surface area contributed by atoms with Gasteiger partial charge in [0.25, 0.3) is 11.8 Å². The summed E-state index contributed by atoms with van der Waals surface area (Å²) in [4.78, 5) is 24.5. The predicted molar refractivity (Wildman–Crippen MR) is 129 cm³/mol. The number of imidazole rings is 1. The average molecular weight is 465 g/mol. The van der Waals surface area contributed by atoms with Crippen LogP contribution in [-0.4, -0.2) is 77.1 Å². The number of aromatic nitrogens is 5. The van der Waals surface area contributed by atoms with Crippen LogP contribution in [0.3, 0.4) is 0 Å². The Labute approximate surface area is 196 Å². The van der Waals surface area contributed by atoms with E-state index in [0.717, 1.165) is 42.9 Å². The first-order valence-electron chi connectivity index (χ1n) is 11.2. The molecule has 2 N–H and O–H groups in total. The Bertz CT molecular complexity index is 1340. The van der Waals surface area contributed by atoms with Crippen LogP contribution >= 0.6 is 0 Å². The van der Waals surface area contributed by atoms with E-state index in [9.17, 15) is 4.79 Å². The summed E-state index contributed by atoms with van der Waals surface area (Å²) in [6.07, 6.45) is 5.57. The Morgan fingerprint density at radius 2 is 1.97 bits per heavy atom. The molecular formula is C23H28N8O3. The van der Waals surface area contributed by atoms with Crippen molar-refractivity contribution in [3.63, 3.8) is 0 Å². The minimum Gasteiger partial charge on any atom is -0.478 e. The third-order valence-corrected chi connectivity index (χ3v) is 5.89. The van der Waals surface area contributed by atoms with Crippen molar-refractivity contribution in [1.29, 1.82) is 0 Å². The van der Waals surface area contributed by atoms with E-state index in [1.54, 1.807) is 17.7 Å². The number of carbonyl (C=O) groups is 1. The van der Waals surface area contributed by atoms with Gasteiger partial charge >= 0.3 is 0 Å². The number of anilines is 2. The summed E-state index contributed by atoms with van der Waals surface area (Å²) in [5, 5.41) is 12.0. The van der Waals surface area contributed by atoms with Gasteiger partial charge in [0, 0.05) is 56.8 Å². The molecule has 1 aromatic carbocycles. The first kappa shape index (κ1) is 22.1. The average Bonchev–Trinajstić information content (AvgIpc) is 3.44. The molecular weight excluding hydrogens is 436 g/mol. The molecule has 11 heteroatoms. The Balaban J connectivity index is 1.51. The molecule has 1 saturated heterocycles. The third kappa shape index (κ3) is 4.15. The molecule has 3 aromatic heterocycles. The number of amides is 1. The monoisotopic (exact) mass is 464 g/mol. The second-order valence-corrected chi connectivity index (χ2v) is 8.22. The van der Waals surface area contributed by atoms with Crippen molar-refractivity contribution in [1.82, 2.24) is 29.5 Å². The minimum atomic E-state index is -0.292. The lowest BCUT2D eigenvalue weighted by atomic mass is 10.1. The number of nitrogens with one attached hydrogen (secondary N) is 2. The van der Waals surface area contributed by atoms with Gasteiger partial charge in [-0.25, -0.2) is 4.98 Å². The molecule has 1 aliphatic heterocycles. The third-order valence-electron chi connectivity index (χ3n) is 5.89. The van der Waals surface area contributed by atoms with Gasteiger partial charge in [0.05, 0.1) is 37.7 Å². The summed E-state index contributed by atoms with van der Waals surface area (Å²) < 4.78 is 14.2. The van der Waals surface area contributed by atoms with E-state index in [2.05, 4.69) is 25.5 Å². The normalized spacial score (nSPS) is 14.1. The topological polar surface area (TPSA) is 111 Å². The molecule has 4 heterocycles. The van der Waals surface area contributed by atoms with Crippen LogP contribution in [0.4, 0.5) is 11.5 Å². The van der Waals surface area contributed by atoms with Crippen LogP contribution in [0.2, 0.25) is 0 Å². The fraction of sp³-hybridized carbons (Fsp3) is 0.391. The fourth-order valence-corrected chi connectivity index (χ4v) is 4.28. The number of fused-ring (bicyclic) bond motifs is 2. The van der Waals surface area contributed by atoms with E-state index >= 15 is 0 Å². The van der Waals surface area contributed by atoms with Crippen molar-refractivity contribution in [3.05, 3.63) is 42.0 Å². The van der Waals surface area contributed by atoms with E-state index in [4.69, 9.17) is 14.6 Å². The Morgan fingerprint density at radius 1 is 1.15 bits per heavy atom. The Morgan fingerprint density at radius 3 is 2.74 bits per heavy atom. The standard InChI is InChI=1S/C23H28N8O3/c1-15-12-30-14-19(27-23(34-3)21(30)25-15)26-22(32)16-4-5-18(29-8-6-24-7-9-29)17-13-31(10-11-33-2)28-20(16)17/h4-5,12-14,24H,6-11H2,1-3H3,(H,26,32). The molecule has 5 rings (SSSR count). The molecule has 0 saturated carbocycles. The second-order valence-electron chi connectivity index (χ2n) is 8.22. The van der Waals surface area contributed by atoms with E-state index in [-0.39, 0.29) is 5.91 Å². The number of piperazine rings is 1. The highest BCUT2D eigenvalue weighted by Gasteiger charge is 2.21. The fourth-order valence-electron chi connectivity index (χ4n) is 4.28. The van der Waals surface area contributed by atoms with E-state index in [1.165, 1.54) is 7.11 Å². The first-order chi connectivity index (χ1) is 16.6. The molecule has 0 spiro atoms. The Kier molecular flexibility index (Phi) is 6.03. The Hall–Kier alpha value is -3.70. The van der Waals surface area contributed by atoms with Crippen molar-refractivity contribution in [2.45, 2.75) is 13.5 Å². The van der Waals surface area contributed by atoms with E-state index in [1.807, 2.05) is 36.1 Å². The maximum Gasteiger partial charge on any atom is 0.260 e. The number of carbonyl (C=O) groups excluding carboxylic acids is 1. The summed E-state index contributed by atoms with van der Waals surface area (Å²) >= 11 is 0. The molecule has 178 valence electrons. The maximum absolute atomic E-state index is 13.4. The zero-order chi connectivity index (χ0) is 23.7. The van der Waals surface area contributed by atoms with Crippen LogP contribution in [-0.2, 0) is 11.3 Å². The van der Waals surface area contributed by atoms with Crippen molar-refractivity contribution >= 4 is 34.0 Å². The molecule has 0 bridgehead atoms. The van der Waals surface area contributed by atoms with Gasteiger partial charge in [0.1, 0.15) is 5.52 Å². The lowest BCUT2D eigenvalue weighted by molar-refractivity contribution is 0.102. The molecule has 0 aliphatic carbocycles.